The number of ether oxygens (including phenoxy) is 2. The van der Waals surface area contributed by atoms with Gasteiger partial charge in [-0.3, -0.25) is 4.79 Å². The number of hydrogen-bond donors (Lipinski definition) is 0. The predicted octanol–water partition coefficient (Wildman–Crippen LogP) is 4.70. The average Bonchev–Trinajstić information content (AvgIpc) is 2.64. The molecule has 0 aromatic heterocycles. The zero-order valence-corrected chi connectivity index (χ0v) is 17.0. The number of ketones is 1. The number of hydrogen-bond acceptors (Lipinski definition) is 4. The van der Waals surface area contributed by atoms with Gasteiger partial charge >= 0.3 is 5.97 Å². The Morgan fingerprint density at radius 1 is 1.31 bits per heavy atom. The van der Waals surface area contributed by atoms with E-state index in [-0.39, 0.29) is 18.0 Å². The van der Waals surface area contributed by atoms with E-state index < -0.39 is 17.7 Å². The molecule has 0 N–H and O–H groups in total. The summed E-state index contributed by atoms with van der Waals surface area (Å²) in [7, 11) is 1.20. The van der Waals surface area contributed by atoms with Crippen LogP contribution >= 0.6 is 31.9 Å². The van der Waals surface area contributed by atoms with Crippen LogP contribution in [0.3, 0.4) is 0 Å². The van der Waals surface area contributed by atoms with Gasteiger partial charge in [0.05, 0.1) is 35.2 Å². The van der Waals surface area contributed by atoms with Gasteiger partial charge in [0.25, 0.3) is 0 Å². The van der Waals surface area contributed by atoms with E-state index in [0.717, 1.165) is 10.0 Å². The Balaban J connectivity index is 1.88. The lowest BCUT2D eigenvalue weighted by Gasteiger charge is -2.25. The quantitative estimate of drug-likeness (QED) is 0.465. The molecule has 0 amide bonds. The highest BCUT2D eigenvalue weighted by Gasteiger charge is 2.31. The predicted molar refractivity (Wildman–Crippen MR) is 102 cm³/mol. The van der Waals surface area contributed by atoms with Crippen LogP contribution in [0.25, 0.3) is 0 Å². The number of Topliss-reactive ketones (excluding diaryl/α,β-unsaturated/α-hetero) is 1. The van der Waals surface area contributed by atoms with E-state index in [1.807, 2.05) is 12.1 Å². The highest BCUT2D eigenvalue weighted by molar-refractivity contribution is 9.10. The van der Waals surface area contributed by atoms with E-state index in [1.165, 1.54) is 19.2 Å². The van der Waals surface area contributed by atoms with Crippen molar-refractivity contribution >= 4 is 43.6 Å². The number of fused-ring (bicyclic) bond motifs is 1. The van der Waals surface area contributed by atoms with Crippen molar-refractivity contribution in [1.82, 2.24) is 0 Å². The molecule has 1 aliphatic rings. The van der Waals surface area contributed by atoms with Crippen molar-refractivity contribution < 1.29 is 23.5 Å². The Labute approximate surface area is 166 Å². The number of methoxy groups -OCH3 is 1. The summed E-state index contributed by atoms with van der Waals surface area (Å²) in [6.45, 7) is 0.225. The molecule has 26 heavy (non-hydrogen) atoms. The Morgan fingerprint density at radius 2 is 2.08 bits per heavy atom. The summed E-state index contributed by atoms with van der Waals surface area (Å²) in [6, 6.07) is 7.92. The Kier molecular flexibility index (Phi) is 5.77. The lowest BCUT2D eigenvalue weighted by atomic mass is 9.88. The second-order valence-corrected chi connectivity index (χ2v) is 7.39. The molecule has 136 valence electrons. The van der Waals surface area contributed by atoms with Crippen LogP contribution in [0, 0.1) is 11.7 Å². The maximum Gasteiger partial charge on any atom is 0.340 e. The van der Waals surface area contributed by atoms with Crippen LogP contribution in [-0.4, -0.2) is 25.5 Å². The molecular weight excluding hydrogens is 471 g/mol. The number of benzene rings is 2. The van der Waals surface area contributed by atoms with Crippen molar-refractivity contribution in [3.05, 3.63) is 62.9 Å². The van der Waals surface area contributed by atoms with Crippen molar-refractivity contribution in [2.45, 2.75) is 11.8 Å². The van der Waals surface area contributed by atoms with Crippen molar-refractivity contribution in [3.8, 4) is 5.75 Å². The molecule has 0 spiro atoms. The Hall–Kier alpha value is -1.73. The van der Waals surface area contributed by atoms with Gasteiger partial charge < -0.3 is 9.47 Å². The largest absolute Gasteiger partial charge is 0.491 e. The van der Waals surface area contributed by atoms with E-state index in [9.17, 15) is 14.0 Å². The van der Waals surface area contributed by atoms with E-state index in [0.29, 0.717) is 28.6 Å². The second-order valence-electron chi connectivity index (χ2n) is 5.97. The van der Waals surface area contributed by atoms with Crippen LogP contribution in [-0.2, 0) is 16.5 Å². The van der Waals surface area contributed by atoms with Crippen LogP contribution in [0.5, 0.6) is 5.75 Å². The minimum absolute atomic E-state index is 0.0290. The SMILES string of the molecule is COC(=O)c1cc(C[C@H]2COc3c(Br)cc(CBr)cc3C2=O)ccc1F. The standard InChI is InChI=1S/C19H15Br2FO4/c1-25-19(24)13-5-10(2-3-16(13)22)4-12-9-26-18-14(17(12)23)6-11(8-20)7-15(18)21/h2-3,5-7,12H,4,8-9H2,1H3/t12-/m0/s1. The van der Waals surface area contributed by atoms with Gasteiger partial charge in [-0.2, -0.15) is 0 Å². The van der Waals surface area contributed by atoms with Crippen LogP contribution in [0.1, 0.15) is 31.8 Å². The molecule has 7 heteroatoms. The van der Waals surface area contributed by atoms with Gasteiger partial charge in [-0.1, -0.05) is 22.0 Å². The van der Waals surface area contributed by atoms with E-state index in [1.54, 1.807) is 6.07 Å². The number of rotatable bonds is 4. The van der Waals surface area contributed by atoms with Crippen molar-refractivity contribution in [2.24, 2.45) is 5.92 Å². The topological polar surface area (TPSA) is 52.6 Å². The van der Waals surface area contributed by atoms with Crippen LogP contribution in [0.2, 0.25) is 0 Å². The van der Waals surface area contributed by atoms with Gasteiger partial charge in [0.1, 0.15) is 11.6 Å². The fourth-order valence-electron chi connectivity index (χ4n) is 2.94. The van der Waals surface area contributed by atoms with Gasteiger partial charge in [0, 0.05) is 5.33 Å². The highest BCUT2D eigenvalue weighted by atomic mass is 79.9. The molecule has 2 aromatic rings. The zero-order valence-electron chi connectivity index (χ0n) is 13.9. The molecule has 1 heterocycles. The lowest BCUT2D eigenvalue weighted by Crippen LogP contribution is -2.30. The number of carbonyl (C=O) groups excluding carboxylic acids is 2. The lowest BCUT2D eigenvalue weighted by molar-refractivity contribution is 0.0595. The molecular formula is C19H15Br2FO4. The highest BCUT2D eigenvalue weighted by Crippen LogP contribution is 2.37. The molecule has 0 saturated carbocycles. The number of carbonyl (C=O) groups is 2. The molecule has 0 aliphatic carbocycles. The molecule has 4 nitrogen and oxygen atoms in total. The molecule has 0 saturated heterocycles. The van der Waals surface area contributed by atoms with E-state index in [2.05, 4.69) is 36.6 Å². The molecule has 2 aromatic carbocycles. The fraction of sp³-hybridized carbons (Fsp3) is 0.263. The first-order valence-corrected chi connectivity index (χ1v) is 9.78. The maximum atomic E-state index is 13.8. The summed E-state index contributed by atoms with van der Waals surface area (Å²) in [5.74, 6) is -1.28. The van der Waals surface area contributed by atoms with Crippen LogP contribution in [0.4, 0.5) is 4.39 Å². The average molecular weight is 486 g/mol. The summed E-state index contributed by atoms with van der Waals surface area (Å²) >= 11 is 6.83. The van der Waals surface area contributed by atoms with Gasteiger partial charge in [0.15, 0.2) is 5.78 Å². The second kappa shape index (κ2) is 7.88. The maximum absolute atomic E-state index is 13.8. The zero-order chi connectivity index (χ0) is 18.8. The first-order valence-electron chi connectivity index (χ1n) is 7.86. The summed E-state index contributed by atoms with van der Waals surface area (Å²) < 4.78 is 24.9. The molecule has 0 unspecified atom stereocenters. The van der Waals surface area contributed by atoms with Crippen LogP contribution < -0.4 is 4.74 Å². The first kappa shape index (κ1) is 19.0. The molecule has 0 radical (unpaired) electrons. The molecule has 3 rings (SSSR count). The van der Waals surface area contributed by atoms with Crippen LogP contribution in [0.15, 0.2) is 34.8 Å². The van der Waals surface area contributed by atoms with Crippen molar-refractivity contribution in [2.75, 3.05) is 13.7 Å². The van der Waals surface area contributed by atoms with Crippen molar-refractivity contribution in [1.29, 1.82) is 0 Å². The Morgan fingerprint density at radius 3 is 2.77 bits per heavy atom. The summed E-state index contributed by atoms with van der Waals surface area (Å²) in [5, 5.41) is 0.622. The van der Waals surface area contributed by atoms with Gasteiger partial charge in [0.2, 0.25) is 0 Å². The molecule has 1 atom stereocenters. The third-order valence-electron chi connectivity index (χ3n) is 4.24. The van der Waals surface area contributed by atoms with Gasteiger partial charge in [-0.05, 0) is 57.7 Å². The van der Waals surface area contributed by atoms with Gasteiger partial charge in [-0.15, -0.1) is 0 Å². The Bertz CT molecular complexity index is 882. The molecule has 0 fully saturated rings. The van der Waals surface area contributed by atoms with Crippen molar-refractivity contribution in [3.63, 3.8) is 0 Å². The summed E-state index contributed by atoms with van der Waals surface area (Å²) in [5.41, 5.74) is 2.02. The number of esters is 1. The molecule has 0 bridgehead atoms. The number of halogens is 3. The monoisotopic (exact) mass is 484 g/mol. The van der Waals surface area contributed by atoms with Gasteiger partial charge in [-0.25, -0.2) is 9.18 Å². The first-order chi connectivity index (χ1) is 12.4. The third-order valence-corrected chi connectivity index (χ3v) is 5.48. The number of alkyl halides is 1. The van der Waals surface area contributed by atoms with E-state index >= 15 is 0 Å². The minimum Gasteiger partial charge on any atom is -0.491 e. The smallest absolute Gasteiger partial charge is 0.340 e. The normalized spacial score (nSPS) is 16.0. The van der Waals surface area contributed by atoms with E-state index in [4.69, 9.17) is 4.74 Å². The minimum atomic E-state index is -0.744. The summed E-state index contributed by atoms with van der Waals surface area (Å²) in [4.78, 5) is 24.6. The fourth-order valence-corrected chi connectivity index (χ4v) is 3.88. The summed E-state index contributed by atoms with van der Waals surface area (Å²) in [6.07, 6.45) is 0.346. The third kappa shape index (κ3) is 3.69. The molecule has 1 aliphatic heterocycles.